The fourth-order valence-corrected chi connectivity index (χ4v) is 1.86. The first-order chi connectivity index (χ1) is 6.81. The lowest BCUT2D eigenvalue weighted by atomic mass is 10.0. The molecule has 72 valence electrons. The molecule has 0 radical (unpaired) electrons. The van der Waals surface area contributed by atoms with E-state index in [0.717, 1.165) is 6.42 Å². The van der Waals surface area contributed by atoms with Gasteiger partial charge in [0.1, 0.15) is 0 Å². The zero-order chi connectivity index (χ0) is 9.97. The molecule has 1 aliphatic carbocycles. The minimum atomic E-state index is -0.424. The summed E-state index contributed by atoms with van der Waals surface area (Å²) in [7, 11) is 0. The van der Waals surface area contributed by atoms with Gasteiger partial charge >= 0.3 is 0 Å². The maximum Gasteiger partial charge on any atom is 0.0758 e. The Morgan fingerprint density at radius 1 is 1.43 bits per heavy atom. The first-order valence-corrected chi connectivity index (χ1v) is 4.89. The molecule has 0 fully saturated rings. The quantitative estimate of drug-likeness (QED) is 0.719. The molecule has 1 aliphatic rings. The lowest BCUT2D eigenvalue weighted by Gasteiger charge is -2.08. The van der Waals surface area contributed by atoms with Crippen molar-refractivity contribution in [2.45, 2.75) is 18.9 Å². The standard InChI is InChI=1S/C13H14O/c1-2-12(14)9-11-8-7-10-5-3-4-6-13(10)11/h2-6,8,12,14H,1,7,9H2. The number of aliphatic hydroxyl groups excluding tert-OH is 1. The van der Waals surface area contributed by atoms with Crippen LogP contribution in [0.1, 0.15) is 17.5 Å². The van der Waals surface area contributed by atoms with Gasteiger partial charge in [-0.25, -0.2) is 0 Å². The molecule has 1 atom stereocenters. The normalized spacial score (nSPS) is 15.9. The highest BCUT2D eigenvalue weighted by molar-refractivity contribution is 5.73. The Bertz CT molecular complexity index is 377. The predicted octanol–water partition coefficient (Wildman–Crippen LogP) is 2.56. The van der Waals surface area contributed by atoms with E-state index >= 15 is 0 Å². The van der Waals surface area contributed by atoms with Crippen LogP contribution in [0.4, 0.5) is 0 Å². The van der Waals surface area contributed by atoms with Crippen LogP contribution in [-0.4, -0.2) is 11.2 Å². The Hall–Kier alpha value is -1.34. The van der Waals surface area contributed by atoms with Crippen molar-refractivity contribution in [3.8, 4) is 0 Å². The molecule has 1 nitrogen and oxygen atoms in total. The van der Waals surface area contributed by atoms with Crippen LogP contribution in [0.2, 0.25) is 0 Å². The maximum atomic E-state index is 9.49. The van der Waals surface area contributed by atoms with Crippen molar-refractivity contribution in [2.75, 3.05) is 0 Å². The summed E-state index contributed by atoms with van der Waals surface area (Å²) in [4.78, 5) is 0. The summed E-state index contributed by atoms with van der Waals surface area (Å²) in [5.41, 5.74) is 3.89. The first-order valence-electron chi connectivity index (χ1n) is 4.89. The van der Waals surface area contributed by atoms with Crippen molar-refractivity contribution in [1.82, 2.24) is 0 Å². The highest BCUT2D eigenvalue weighted by Crippen LogP contribution is 2.30. The Morgan fingerprint density at radius 2 is 2.21 bits per heavy atom. The summed E-state index contributed by atoms with van der Waals surface area (Å²) in [5, 5.41) is 9.49. The summed E-state index contributed by atoms with van der Waals surface area (Å²) < 4.78 is 0. The fourth-order valence-electron chi connectivity index (χ4n) is 1.86. The average molecular weight is 186 g/mol. The van der Waals surface area contributed by atoms with Crippen LogP contribution in [0.3, 0.4) is 0 Å². The molecule has 1 aromatic carbocycles. The zero-order valence-electron chi connectivity index (χ0n) is 8.11. The molecule has 0 amide bonds. The minimum Gasteiger partial charge on any atom is -0.389 e. The molecular formula is C13H14O. The molecule has 1 unspecified atom stereocenters. The van der Waals surface area contributed by atoms with Crippen molar-refractivity contribution in [2.24, 2.45) is 0 Å². The molecule has 0 heterocycles. The minimum absolute atomic E-state index is 0.424. The molecule has 0 saturated carbocycles. The first kappa shape index (κ1) is 9.22. The second-order valence-corrected chi connectivity index (χ2v) is 3.60. The van der Waals surface area contributed by atoms with Crippen molar-refractivity contribution in [1.29, 1.82) is 0 Å². The molecule has 1 aromatic rings. The third-order valence-corrected chi connectivity index (χ3v) is 2.63. The molecule has 0 aromatic heterocycles. The maximum absolute atomic E-state index is 9.49. The molecule has 2 rings (SSSR count). The van der Waals surface area contributed by atoms with Gasteiger partial charge in [-0.1, -0.05) is 36.4 Å². The third kappa shape index (κ3) is 1.64. The summed E-state index contributed by atoms with van der Waals surface area (Å²) in [6.45, 7) is 3.58. The van der Waals surface area contributed by atoms with Gasteiger partial charge < -0.3 is 5.11 Å². The van der Waals surface area contributed by atoms with Crippen molar-refractivity contribution in [3.05, 3.63) is 54.1 Å². The van der Waals surface area contributed by atoms with Gasteiger partial charge in [-0.05, 0) is 23.1 Å². The van der Waals surface area contributed by atoms with Crippen LogP contribution >= 0.6 is 0 Å². The summed E-state index contributed by atoms with van der Waals surface area (Å²) in [6.07, 6.45) is 5.03. The van der Waals surface area contributed by atoms with Gasteiger partial charge in [-0.3, -0.25) is 0 Å². The monoisotopic (exact) mass is 186 g/mol. The highest BCUT2D eigenvalue weighted by atomic mass is 16.3. The van der Waals surface area contributed by atoms with E-state index in [-0.39, 0.29) is 0 Å². The van der Waals surface area contributed by atoms with Gasteiger partial charge in [-0.2, -0.15) is 0 Å². The molecule has 1 heteroatoms. The van der Waals surface area contributed by atoms with Crippen molar-refractivity contribution < 1.29 is 5.11 Å². The van der Waals surface area contributed by atoms with Crippen LogP contribution in [0, 0.1) is 0 Å². The van der Waals surface area contributed by atoms with Gasteiger partial charge in [0.25, 0.3) is 0 Å². The van der Waals surface area contributed by atoms with Gasteiger partial charge in [0.2, 0.25) is 0 Å². The van der Waals surface area contributed by atoms with E-state index in [2.05, 4.69) is 30.9 Å². The average Bonchev–Trinajstić information content (AvgIpc) is 2.62. The summed E-state index contributed by atoms with van der Waals surface area (Å²) in [6, 6.07) is 8.35. The van der Waals surface area contributed by atoms with Crippen LogP contribution < -0.4 is 0 Å². The SMILES string of the molecule is C=CC(O)CC1=CCc2ccccc21. The number of fused-ring (bicyclic) bond motifs is 1. The van der Waals surface area contributed by atoms with E-state index in [1.165, 1.54) is 16.7 Å². The smallest absolute Gasteiger partial charge is 0.0758 e. The zero-order valence-corrected chi connectivity index (χ0v) is 8.11. The topological polar surface area (TPSA) is 20.2 Å². The van der Waals surface area contributed by atoms with Gasteiger partial charge in [0.15, 0.2) is 0 Å². The second kappa shape index (κ2) is 3.81. The lowest BCUT2D eigenvalue weighted by Crippen LogP contribution is -2.01. The van der Waals surface area contributed by atoms with E-state index in [1.54, 1.807) is 6.08 Å². The largest absolute Gasteiger partial charge is 0.389 e. The van der Waals surface area contributed by atoms with Crippen LogP contribution in [0.5, 0.6) is 0 Å². The van der Waals surface area contributed by atoms with Gasteiger partial charge in [0, 0.05) is 6.42 Å². The Morgan fingerprint density at radius 3 is 3.00 bits per heavy atom. The molecule has 1 N–H and O–H groups in total. The second-order valence-electron chi connectivity index (χ2n) is 3.60. The Balaban J connectivity index is 2.20. The van der Waals surface area contributed by atoms with Crippen LogP contribution in [-0.2, 0) is 6.42 Å². The van der Waals surface area contributed by atoms with E-state index in [9.17, 15) is 5.11 Å². The Kier molecular flexibility index (Phi) is 2.51. The third-order valence-electron chi connectivity index (χ3n) is 2.63. The number of allylic oxidation sites excluding steroid dienone is 1. The highest BCUT2D eigenvalue weighted by Gasteiger charge is 2.14. The molecule has 0 saturated heterocycles. The summed E-state index contributed by atoms with van der Waals surface area (Å²) >= 11 is 0. The molecular weight excluding hydrogens is 172 g/mol. The molecule has 0 aliphatic heterocycles. The van der Waals surface area contributed by atoms with E-state index in [0.29, 0.717) is 6.42 Å². The predicted molar refractivity (Wildman–Crippen MR) is 58.9 cm³/mol. The summed E-state index contributed by atoms with van der Waals surface area (Å²) in [5.74, 6) is 0. The Labute approximate surface area is 84.4 Å². The fraction of sp³-hybridized carbons (Fsp3) is 0.231. The number of hydrogen-bond acceptors (Lipinski definition) is 1. The number of hydrogen-bond donors (Lipinski definition) is 1. The van der Waals surface area contributed by atoms with Crippen LogP contribution in [0.25, 0.3) is 5.57 Å². The molecule has 0 bridgehead atoms. The number of aliphatic hydroxyl groups is 1. The van der Waals surface area contributed by atoms with Crippen LogP contribution in [0.15, 0.2) is 43.0 Å². The number of rotatable bonds is 3. The van der Waals surface area contributed by atoms with E-state index < -0.39 is 6.10 Å². The van der Waals surface area contributed by atoms with Crippen molar-refractivity contribution in [3.63, 3.8) is 0 Å². The van der Waals surface area contributed by atoms with E-state index in [1.807, 2.05) is 6.07 Å². The molecule has 14 heavy (non-hydrogen) atoms. The lowest BCUT2D eigenvalue weighted by molar-refractivity contribution is 0.230. The van der Waals surface area contributed by atoms with Gasteiger partial charge in [-0.15, -0.1) is 6.58 Å². The van der Waals surface area contributed by atoms with Crippen molar-refractivity contribution >= 4 is 5.57 Å². The molecule has 0 spiro atoms. The van der Waals surface area contributed by atoms with Gasteiger partial charge in [0.05, 0.1) is 6.10 Å². The number of benzene rings is 1. The van der Waals surface area contributed by atoms with E-state index in [4.69, 9.17) is 0 Å².